The zero-order valence-electron chi connectivity index (χ0n) is 14.9. The highest BCUT2D eigenvalue weighted by Gasteiger charge is 2.68. The van der Waals surface area contributed by atoms with Crippen LogP contribution >= 0.6 is 0 Å². The SMILES string of the molecule is c1cc2[n+]3c(c1)Cc1cccc4[n+]1C31n3c(ccc3C2)Cc2ccc(n21)C4. The molecule has 4 nitrogen and oxygen atoms in total. The first-order chi connectivity index (χ1) is 13.4. The summed E-state index contributed by atoms with van der Waals surface area (Å²) in [4.78, 5) is 0. The summed E-state index contributed by atoms with van der Waals surface area (Å²) in [6.07, 6.45) is 4.00. The maximum Gasteiger partial charge on any atom is 0.551 e. The van der Waals surface area contributed by atoms with E-state index in [0.717, 1.165) is 25.7 Å². The molecule has 1 spiro atoms. The zero-order chi connectivity index (χ0) is 17.3. The normalized spacial score (nSPS) is 18.1. The van der Waals surface area contributed by atoms with E-state index in [9.17, 15) is 0 Å². The Kier molecular flexibility index (Phi) is 1.90. The van der Waals surface area contributed by atoms with Gasteiger partial charge in [-0.2, -0.15) is 0 Å². The molecule has 0 saturated carbocycles. The fourth-order valence-corrected chi connectivity index (χ4v) is 6.25. The summed E-state index contributed by atoms with van der Waals surface area (Å²) in [5.41, 5.74) is 11.3. The van der Waals surface area contributed by atoms with Gasteiger partial charge in [0.25, 0.3) is 0 Å². The van der Waals surface area contributed by atoms with E-state index >= 15 is 0 Å². The third kappa shape index (κ3) is 1.20. The van der Waals surface area contributed by atoms with Gasteiger partial charge in [0.1, 0.15) is 6.42 Å². The smallest absolute Gasteiger partial charge is 0.206 e. The Morgan fingerprint density at radius 2 is 0.926 bits per heavy atom. The molecule has 8 rings (SSSR count). The Balaban J connectivity index is 1.70. The second-order valence-electron chi connectivity index (χ2n) is 8.30. The molecule has 0 saturated heterocycles. The van der Waals surface area contributed by atoms with Crippen molar-refractivity contribution in [2.75, 3.05) is 0 Å². The van der Waals surface area contributed by atoms with E-state index in [0.29, 0.717) is 0 Å². The maximum atomic E-state index is 2.63. The Morgan fingerprint density at radius 1 is 0.519 bits per heavy atom. The van der Waals surface area contributed by atoms with Gasteiger partial charge in [-0.05, 0) is 36.4 Å². The van der Waals surface area contributed by atoms with Crippen molar-refractivity contribution < 1.29 is 9.13 Å². The van der Waals surface area contributed by atoms with Crippen LogP contribution in [0, 0.1) is 0 Å². The van der Waals surface area contributed by atoms with Gasteiger partial charge in [-0.25, -0.2) is 9.13 Å². The fraction of sp³-hybridized carbons (Fsp3) is 0.217. The van der Waals surface area contributed by atoms with Crippen molar-refractivity contribution in [1.29, 1.82) is 0 Å². The van der Waals surface area contributed by atoms with E-state index in [2.05, 4.69) is 78.9 Å². The van der Waals surface area contributed by atoms with Crippen LogP contribution in [0.4, 0.5) is 0 Å². The lowest BCUT2D eigenvalue weighted by Crippen LogP contribution is -2.89. The molecule has 0 aromatic carbocycles. The van der Waals surface area contributed by atoms with Gasteiger partial charge in [0.2, 0.25) is 11.4 Å². The van der Waals surface area contributed by atoms with Crippen LogP contribution in [0.3, 0.4) is 0 Å². The van der Waals surface area contributed by atoms with Crippen molar-refractivity contribution in [2.45, 2.75) is 31.6 Å². The third-order valence-corrected chi connectivity index (χ3v) is 7.04. The molecule has 0 fully saturated rings. The number of hydrogen-bond acceptors (Lipinski definition) is 0. The molecule has 0 atom stereocenters. The van der Waals surface area contributed by atoms with Crippen molar-refractivity contribution >= 4 is 0 Å². The summed E-state index contributed by atoms with van der Waals surface area (Å²) in [5.74, 6) is -0.368. The van der Waals surface area contributed by atoms with Gasteiger partial charge in [0, 0.05) is 53.5 Å². The van der Waals surface area contributed by atoms with Crippen LogP contribution < -0.4 is 9.13 Å². The Labute approximate surface area is 156 Å². The quantitative estimate of drug-likeness (QED) is 0.371. The lowest BCUT2D eigenvalue weighted by atomic mass is 9.99. The second kappa shape index (κ2) is 3.91. The highest BCUT2D eigenvalue weighted by molar-refractivity contribution is 5.36. The zero-order valence-corrected chi connectivity index (χ0v) is 14.9. The van der Waals surface area contributed by atoms with Crippen LogP contribution in [0.5, 0.6) is 0 Å². The van der Waals surface area contributed by atoms with Crippen LogP contribution in [-0.2, 0) is 31.6 Å². The maximum absolute atomic E-state index is 2.63. The van der Waals surface area contributed by atoms with E-state index in [1.54, 1.807) is 0 Å². The molecule has 0 aliphatic carbocycles. The molecule has 4 aliphatic rings. The van der Waals surface area contributed by atoms with E-state index in [-0.39, 0.29) is 5.91 Å². The van der Waals surface area contributed by atoms with E-state index in [1.165, 1.54) is 45.6 Å². The van der Waals surface area contributed by atoms with Crippen LogP contribution in [0.1, 0.15) is 45.6 Å². The summed E-state index contributed by atoms with van der Waals surface area (Å²) in [7, 11) is 0. The van der Waals surface area contributed by atoms with E-state index in [1.807, 2.05) is 0 Å². The molecule has 4 heteroatoms. The molecule has 4 aromatic heterocycles. The highest BCUT2D eigenvalue weighted by Crippen LogP contribution is 2.39. The number of nitrogens with zero attached hydrogens (tertiary/aromatic N) is 4. The van der Waals surface area contributed by atoms with Gasteiger partial charge in [-0.1, -0.05) is 9.13 Å². The molecule has 8 heterocycles. The average molecular weight is 350 g/mol. The molecule has 128 valence electrons. The summed E-state index contributed by atoms with van der Waals surface area (Å²) in [6.45, 7) is 0. The minimum absolute atomic E-state index is 0.368. The second-order valence-corrected chi connectivity index (χ2v) is 8.30. The van der Waals surface area contributed by atoms with Crippen molar-refractivity contribution in [2.24, 2.45) is 0 Å². The van der Waals surface area contributed by atoms with Gasteiger partial charge >= 0.3 is 5.91 Å². The minimum atomic E-state index is -0.368. The lowest BCUT2D eigenvalue weighted by Gasteiger charge is -2.42. The van der Waals surface area contributed by atoms with Crippen LogP contribution in [0.25, 0.3) is 0 Å². The molecule has 4 aromatic rings. The predicted octanol–water partition coefficient (Wildman–Crippen LogP) is 1.69. The predicted molar refractivity (Wildman–Crippen MR) is 97.5 cm³/mol. The largest absolute Gasteiger partial charge is 0.551 e. The van der Waals surface area contributed by atoms with Gasteiger partial charge < -0.3 is 0 Å². The van der Waals surface area contributed by atoms with Gasteiger partial charge in [-0.15, -0.1) is 0 Å². The molecular weight excluding hydrogens is 332 g/mol. The molecule has 0 unspecified atom stereocenters. The summed E-state index contributed by atoms with van der Waals surface area (Å²) in [5, 5.41) is 0. The topological polar surface area (TPSA) is 17.6 Å². The van der Waals surface area contributed by atoms with Crippen LogP contribution in [0.15, 0.2) is 60.7 Å². The van der Waals surface area contributed by atoms with Gasteiger partial charge in [-0.3, -0.25) is 0 Å². The van der Waals surface area contributed by atoms with Crippen LogP contribution in [-0.4, -0.2) is 9.13 Å². The summed E-state index contributed by atoms with van der Waals surface area (Å²) >= 11 is 0. The number of aromatic nitrogens is 4. The van der Waals surface area contributed by atoms with Crippen LogP contribution in [0.2, 0.25) is 0 Å². The van der Waals surface area contributed by atoms with E-state index < -0.39 is 0 Å². The van der Waals surface area contributed by atoms with Crippen molar-refractivity contribution in [3.8, 4) is 0 Å². The Morgan fingerprint density at radius 3 is 1.41 bits per heavy atom. The molecule has 0 amide bonds. The minimum Gasteiger partial charge on any atom is -0.206 e. The Hall–Kier alpha value is -3.14. The third-order valence-electron chi connectivity index (χ3n) is 7.04. The molecular formula is C23H18N4+2. The van der Waals surface area contributed by atoms with Crippen molar-refractivity contribution in [3.63, 3.8) is 0 Å². The lowest BCUT2D eigenvalue weighted by molar-refractivity contribution is -1.03. The molecule has 0 bridgehead atoms. The summed E-state index contributed by atoms with van der Waals surface area (Å²) < 4.78 is 10.5. The van der Waals surface area contributed by atoms with Crippen molar-refractivity contribution in [3.05, 3.63) is 106 Å². The Bertz CT molecular complexity index is 1230. The standard InChI is InChI=1S/C23H18N4/c1-3-15-11-16-4-2-6-18-13-20-8-10-22-14-21-9-7-19-12-17(5-1)24(15)23(25(16)18,26(19)21)27(20)22/h1-10H,11-14H2/q+2. The average Bonchev–Trinajstić information content (AvgIpc) is 3.28. The first-order valence-electron chi connectivity index (χ1n) is 9.82. The molecule has 0 radical (unpaired) electrons. The summed E-state index contributed by atoms with van der Waals surface area (Å²) in [6, 6.07) is 23.1. The van der Waals surface area contributed by atoms with Gasteiger partial charge in [0.05, 0.1) is 12.8 Å². The number of rotatable bonds is 0. The molecule has 27 heavy (non-hydrogen) atoms. The highest BCUT2D eigenvalue weighted by atomic mass is 15.6. The molecule has 4 aliphatic heterocycles. The monoisotopic (exact) mass is 350 g/mol. The fourth-order valence-electron chi connectivity index (χ4n) is 6.25. The van der Waals surface area contributed by atoms with Crippen molar-refractivity contribution in [1.82, 2.24) is 9.13 Å². The molecule has 0 N–H and O–H groups in total. The number of hydrogen-bond donors (Lipinski definition) is 0. The number of pyridine rings is 2. The van der Waals surface area contributed by atoms with Gasteiger partial charge in [0.15, 0.2) is 11.4 Å². The first-order valence-corrected chi connectivity index (χ1v) is 9.82. The first kappa shape index (κ1) is 13.1. The van der Waals surface area contributed by atoms with E-state index in [4.69, 9.17) is 0 Å².